The number of hydrogen-bond acceptors (Lipinski definition) is 1. The maximum Gasteiger partial charge on any atom is 0.177 e. The predicted molar refractivity (Wildman–Crippen MR) is 79.0 cm³/mol. The summed E-state index contributed by atoms with van der Waals surface area (Å²) in [5.74, 6) is 2.07. The number of ether oxygens (including phenoxy) is 1. The van der Waals surface area contributed by atoms with Gasteiger partial charge in [-0.2, -0.15) is 0 Å². The molecule has 5 rings (SSSR count). The molecule has 1 heterocycles. The smallest absolute Gasteiger partial charge is 0.177 e. The highest BCUT2D eigenvalue weighted by atomic mass is 16.6. The van der Waals surface area contributed by atoms with Gasteiger partial charge in [0, 0.05) is 5.39 Å². The lowest BCUT2D eigenvalue weighted by atomic mass is 9.97. The summed E-state index contributed by atoms with van der Waals surface area (Å²) in [5.41, 5.74) is 0. The van der Waals surface area contributed by atoms with Gasteiger partial charge in [-0.05, 0) is 45.1 Å². The zero-order valence-corrected chi connectivity index (χ0v) is 10.2. The molecule has 4 aromatic rings. The van der Waals surface area contributed by atoms with Crippen LogP contribution in [0.25, 0.3) is 32.3 Å². The van der Waals surface area contributed by atoms with Crippen LogP contribution in [0.5, 0.6) is 11.5 Å². The van der Waals surface area contributed by atoms with E-state index >= 15 is 0 Å². The molecule has 0 amide bonds. The van der Waals surface area contributed by atoms with Crippen molar-refractivity contribution in [3.63, 3.8) is 0 Å². The van der Waals surface area contributed by atoms with Gasteiger partial charge in [-0.3, -0.25) is 0 Å². The molecule has 0 N–H and O–H groups in total. The Labute approximate surface area is 110 Å². The van der Waals surface area contributed by atoms with E-state index in [0.717, 1.165) is 11.5 Å². The Morgan fingerprint density at radius 2 is 1.21 bits per heavy atom. The van der Waals surface area contributed by atoms with E-state index in [0.29, 0.717) is 0 Å². The molecule has 0 saturated heterocycles. The van der Waals surface area contributed by atoms with E-state index in [1.54, 1.807) is 0 Å². The molecule has 0 unspecified atom stereocenters. The lowest BCUT2D eigenvalue weighted by Crippen LogP contribution is -1.79. The number of fused-ring (bicyclic) bond motifs is 7. The molecule has 0 atom stereocenters. The molecule has 0 bridgehead atoms. The quantitative estimate of drug-likeness (QED) is 0.267. The van der Waals surface area contributed by atoms with Gasteiger partial charge in [0.15, 0.2) is 11.5 Å². The van der Waals surface area contributed by atoms with Crippen LogP contribution in [-0.4, -0.2) is 0 Å². The number of rotatable bonds is 0. The van der Waals surface area contributed by atoms with E-state index in [2.05, 4.69) is 60.7 Å². The minimum atomic E-state index is 1.02. The molecule has 19 heavy (non-hydrogen) atoms. The summed E-state index contributed by atoms with van der Waals surface area (Å²) in [4.78, 5) is 0. The van der Waals surface area contributed by atoms with E-state index in [4.69, 9.17) is 4.74 Å². The second-order valence-electron chi connectivity index (χ2n) is 5.04. The summed E-state index contributed by atoms with van der Waals surface area (Å²) >= 11 is 0. The summed E-state index contributed by atoms with van der Waals surface area (Å²) in [5, 5.41) is 7.71. The van der Waals surface area contributed by atoms with Gasteiger partial charge in [0.2, 0.25) is 0 Å². The minimum absolute atomic E-state index is 1.02. The molecule has 1 aliphatic heterocycles. The average molecular weight is 242 g/mol. The van der Waals surface area contributed by atoms with E-state index in [-0.39, 0.29) is 0 Å². The van der Waals surface area contributed by atoms with E-state index in [1.807, 2.05) is 0 Å². The fourth-order valence-corrected chi connectivity index (χ4v) is 3.03. The first-order valence-electron chi connectivity index (χ1n) is 6.47. The Morgan fingerprint density at radius 1 is 0.526 bits per heavy atom. The second-order valence-corrected chi connectivity index (χ2v) is 5.04. The fourth-order valence-electron chi connectivity index (χ4n) is 3.03. The van der Waals surface area contributed by atoms with Crippen molar-refractivity contribution in [3.8, 4) is 11.5 Å². The predicted octanol–water partition coefficient (Wildman–Crippen LogP) is 5.25. The minimum Gasteiger partial charge on any atom is -0.449 e. The van der Waals surface area contributed by atoms with Crippen molar-refractivity contribution in [1.82, 2.24) is 0 Å². The number of benzene rings is 4. The van der Waals surface area contributed by atoms with Gasteiger partial charge in [0.1, 0.15) is 0 Å². The van der Waals surface area contributed by atoms with Crippen molar-refractivity contribution in [1.29, 1.82) is 0 Å². The van der Waals surface area contributed by atoms with Crippen LogP contribution >= 0.6 is 0 Å². The van der Waals surface area contributed by atoms with E-state index in [1.165, 1.54) is 32.3 Å². The van der Waals surface area contributed by atoms with Gasteiger partial charge < -0.3 is 4.74 Å². The lowest BCUT2D eigenvalue weighted by molar-refractivity contribution is 0.653. The van der Waals surface area contributed by atoms with Crippen LogP contribution in [0.2, 0.25) is 0 Å². The van der Waals surface area contributed by atoms with Crippen molar-refractivity contribution >= 4 is 32.3 Å². The molecule has 1 nitrogen and oxygen atoms in total. The van der Waals surface area contributed by atoms with Crippen molar-refractivity contribution in [2.75, 3.05) is 0 Å². The van der Waals surface area contributed by atoms with E-state index < -0.39 is 0 Å². The largest absolute Gasteiger partial charge is 0.449 e. The van der Waals surface area contributed by atoms with Crippen LogP contribution < -0.4 is 4.74 Å². The lowest BCUT2D eigenvalue weighted by Gasteiger charge is -2.06. The average Bonchev–Trinajstić information content (AvgIpc) is 3.26. The second kappa shape index (κ2) is 3.07. The monoisotopic (exact) mass is 242 g/mol. The van der Waals surface area contributed by atoms with Gasteiger partial charge in [0.25, 0.3) is 0 Å². The molecule has 1 heteroatoms. The molecule has 0 aromatic heterocycles. The zero-order chi connectivity index (χ0) is 12.4. The first kappa shape index (κ1) is 9.40. The standard InChI is InChI=1S/C18H10O/c1-2-4-12-11(3-1)5-6-14-13(12)7-8-16-15(14)9-10-17-18(16)19-17/h1-10H. The van der Waals surface area contributed by atoms with Crippen molar-refractivity contribution in [2.45, 2.75) is 0 Å². The highest BCUT2D eigenvalue weighted by molar-refractivity contribution is 6.19. The van der Waals surface area contributed by atoms with Gasteiger partial charge >= 0.3 is 0 Å². The SMILES string of the molecule is c1ccc2c(c1)ccc1c3ccc4c(c3ccc21)O4. The molecule has 0 fully saturated rings. The molecule has 0 saturated carbocycles. The van der Waals surface area contributed by atoms with Crippen LogP contribution in [0.4, 0.5) is 0 Å². The molecular weight excluding hydrogens is 232 g/mol. The molecule has 0 radical (unpaired) electrons. The maximum atomic E-state index is 5.49. The normalized spacial score (nSPS) is 12.6. The van der Waals surface area contributed by atoms with Crippen LogP contribution in [-0.2, 0) is 0 Å². The summed E-state index contributed by atoms with van der Waals surface area (Å²) in [7, 11) is 0. The van der Waals surface area contributed by atoms with Crippen LogP contribution in [0.3, 0.4) is 0 Å². The Balaban J connectivity index is 2.07. The van der Waals surface area contributed by atoms with Crippen LogP contribution in [0.15, 0.2) is 60.7 Å². The third-order valence-electron chi connectivity index (χ3n) is 4.01. The third-order valence-corrected chi connectivity index (χ3v) is 4.01. The Hall–Kier alpha value is -2.54. The first-order chi connectivity index (χ1) is 9.42. The van der Waals surface area contributed by atoms with Crippen LogP contribution in [0, 0.1) is 0 Å². The summed E-state index contributed by atoms with van der Waals surface area (Å²) < 4.78 is 5.49. The van der Waals surface area contributed by atoms with E-state index in [9.17, 15) is 0 Å². The summed E-state index contributed by atoms with van der Waals surface area (Å²) in [6, 6.07) is 21.6. The molecular formula is C18H10O. The summed E-state index contributed by atoms with van der Waals surface area (Å²) in [6.07, 6.45) is 0. The topological polar surface area (TPSA) is 12.5 Å². The zero-order valence-electron chi connectivity index (χ0n) is 10.2. The molecule has 88 valence electrons. The molecule has 1 aliphatic rings. The number of hydrogen-bond donors (Lipinski definition) is 0. The highest BCUT2D eigenvalue weighted by Crippen LogP contribution is 2.51. The van der Waals surface area contributed by atoms with Crippen molar-refractivity contribution < 1.29 is 4.74 Å². The van der Waals surface area contributed by atoms with Crippen molar-refractivity contribution in [3.05, 3.63) is 60.7 Å². The third kappa shape index (κ3) is 1.14. The van der Waals surface area contributed by atoms with Gasteiger partial charge in [0.05, 0.1) is 0 Å². The molecule has 0 spiro atoms. The Morgan fingerprint density at radius 3 is 2.21 bits per heavy atom. The first-order valence-corrected chi connectivity index (χ1v) is 6.47. The molecule has 4 aromatic carbocycles. The van der Waals surface area contributed by atoms with Crippen LogP contribution in [0.1, 0.15) is 0 Å². The fraction of sp³-hybridized carbons (Fsp3) is 0. The summed E-state index contributed by atoms with van der Waals surface area (Å²) in [6.45, 7) is 0. The van der Waals surface area contributed by atoms with Gasteiger partial charge in [-0.15, -0.1) is 0 Å². The van der Waals surface area contributed by atoms with Gasteiger partial charge in [-0.25, -0.2) is 0 Å². The highest BCUT2D eigenvalue weighted by Gasteiger charge is 2.23. The Bertz CT molecular complexity index is 983. The van der Waals surface area contributed by atoms with Crippen molar-refractivity contribution in [2.24, 2.45) is 0 Å². The van der Waals surface area contributed by atoms with Gasteiger partial charge in [-0.1, -0.05) is 42.5 Å². The molecule has 0 aliphatic carbocycles. The maximum absolute atomic E-state index is 5.49. The Kier molecular flexibility index (Phi) is 1.52.